The SMILES string of the molecule is CC(=O)C1=C(O)C(C(C)C)[C@@]2(C)C[C@@]3(C)Cc4c(-c5ccc(CCc6ccccc6)cc5)ccc(O)c4C(=O)C3=C(O)[C@@]2(O)C1=O. The summed E-state index contributed by atoms with van der Waals surface area (Å²) in [5.74, 6) is -5.19. The lowest BCUT2D eigenvalue weighted by molar-refractivity contribution is -0.171. The number of aromatic hydroxyl groups is 1. The van der Waals surface area contributed by atoms with Crippen LogP contribution in [0.1, 0.15) is 68.1 Å². The number of aryl methyl sites for hydroxylation is 2. The summed E-state index contributed by atoms with van der Waals surface area (Å²) < 4.78 is 0. The van der Waals surface area contributed by atoms with E-state index in [0.717, 1.165) is 36.5 Å². The fourth-order valence-electron chi connectivity index (χ4n) is 8.79. The lowest BCUT2D eigenvalue weighted by atomic mass is 9.44. The van der Waals surface area contributed by atoms with Crippen LogP contribution < -0.4 is 0 Å². The highest BCUT2D eigenvalue weighted by molar-refractivity contribution is 6.25. The quantitative estimate of drug-likeness (QED) is 0.223. The number of allylic oxidation sites excluding steroid dienone is 2. The van der Waals surface area contributed by atoms with Gasteiger partial charge in [-0.25, -0.2) is 0 Å². The number of phenolic OH excluding ortho intramolecular Hbond substituents is 1. The molecule has 0 radical (unpaired) electrons. The van der Waals surface area contributed by atoms with Gasteiger partial charge in [0.25, 0.3) is 0 Å². The van der Waals surface area contributed by atoms with E-state index in [9.17, 15) is 34.8 Å². The van der Waals surface area contributed by atoms with E-state index in [-0.39, 0.29) is 35.6 Å². The minimum absolute atomic E-state index is 0.0192. The van der Waals surface area contributed by atoms with Gasteiger partial charge in [0.2, 0.25) is 5.78 Å². The van der Waals surface area contributed by atoms with Crippen LogP contribution in [0.2, 0.25) is 0 Å². The van der Waals surface area contributed by atoms with Gasteiger partial charge in [-0.3, -0.25) is 14.4 Å². The first kappa shape index (κ1) is 31.5. The molecule has 4 N–H and O–H groups in total. The van der Waals surface area contributed by atoms with Crippen molar-refractivity contribution in [1.82, 2.24) is 0 Å². The molecule has 7 heteroatoms. The van der Waals surface area contributed by atoms with E-state index in [1.807, 2.05) is 51.1 Å². The van der Waals surface area contributed by atoms with Crippen molar-refractivity contribution in [3.8, 4) is 16.9 Å². The van der Waals surface area contributed by atoms with Crippen LogP contribution in [0.3, 0.4) is 0 Å². The largest absolute Gasteiger partial charge is 0.511 e. The minimum atomic E-state index is -2.63. The lowest BCUT2D eigenvalue weighted by Crippen LogP contribution is -2.67. The van der Waals surface area contributed by atoms with E-state index in [1.165, 1.54) is 11.6 Å². The first-order chi connectivity index (χ1) is 21.7. The van der Waals surface area contributed by atoms with Gasteiger partial charge in [0, 0.05) is 22.3 Å². The number of hydrogen-bond acceptors (Lipinski definition) is 7. The maximum Gasteiger partial charge on any atom is 0.209 e. The second kappa shape index (κ2) is 10.8. The molecule has 3 aromatic carbocycles. The van der Waals surface area contributed by atoms with Crippen molar-refractivity contribution in [2.24, 2.45) is 22.7 Å². The first-order valence-electron chi connectivity index (χ1n) is 15.8. The number of ketones is 3. The smallest absolute Gasteiger partial charge is 0.209 e. The Labute approximate surface area is 268 Å². The Hall–Kier alpha value is -4.49. The third-order valence-electron chi connectivity index (χ3n) is 10.7. The number of aliphatic hydroxyl groups excluding tert-OH is 2. The van der Waals surface area contributed by atoms with E-state index < -0.39 is 56.8 Å². The number of phenols is 1. The number of carbonyl (C=O) groups excluding carboxylic acids is 3. The van der Waals surface area contributed by atoms with E-state index in [2.05, 4.69) is 24.3 Å². The molecule has 46 heavy (non-hydrogen) atoms. The van der Waals surface area contributed by atoms with Crippen LogP contribution in [0, 0.1) is 22.7 Å². The van der Waals surface area contributed by atoms with Crippen molar-refractivity contribution in [3.63, 3.8) is 0 Å². The van der Waals surface area contributed by atoms with E-state index in [0.29, 0.717) is 5.56 Å². The zero-order chi connectivity index (χ0) is 33.3. The predicted octanol–water partition coefficient (Wildman–Crippen LogP) is 6.80. The molecular weight excluding hydrogens is 580 g/mol. The average molecular weight is 621 g/mol. The van der Waals surface area contributed by atoms with Gasteiger partial charge < -0.3 is 20.4 Å². The van der Waals surface area contributed by atoms with Crippen LogP contribution in [-0.2, 0) is 28.9 Å². The maximum atomic E-state index is 14.3. The van der Waals surface area contributed by atoms with Crippen LogP contribution in [0.5, 0.6) is 5.75 Å². The van der Waals surface area contributed by atoms with E-state index in [4.69, 9.17) is 0 Å². The van der Waals surface area contributed by atoms with Crippen molar-refractivity contribution >= 4 is 17.3 Å². The molecule has 4 atom stereocenters. The molecule has 0 saturated carbocycles. The van der Waals surface area contributed by atoms with E-state index >= 15 is 0 Å². The Morgan fingerprint density at radius 3 is 2.09 bits per heavy atom. The second-order valence-corrected chi connectivity index (χ2v) is 14.1. The van der Waals surface area contributed by atoms with Crippen LogP contribution in [-0.4, -0.2) is 43.4 Å². The Morgan fingerprint density at radius 2 is 1.50 bits per heavy atom. The summed E-state index contributed by atoms with van der Waals surface area (Å²) in [6.45, 7) is 8.22. The Kier molecular flexibility index (Phi) is 7.40. The summed E-state index contributed by atoms with van der Waals surface area (Å²) in [6.07, 6.45) is 2.05. The third-order valence-corrected chi connectivity index (χ3v) is 10.7. The lowest BCUT2D eigenvalue weighted by Gasteiger charge is -2.59. The Bertz CT molecular complexity index is 1850. The van der Waals surface area contributed by atoms with Crippen molar-refractivity contribution < 1.29 is 34.8 Å². The summed E-state index contributed by atoms with van der Waals surface area (Å²) in [6, 6.07) is 21.6. The molecule has 0 aromatic heterocycles. The number of benzene rings is 3. The van der Waals surface area contributed by atoms with Gasteiger partial charge in [-0.05, 0) is 72.4 Å². The summed E-state index contributed by atoms with van der Waals surface area (Å²) >= 11 is 0. The predicted molar refractivity (Wildman–Crippen MR) is 175 cm³/mol. The normalized spacial score (nSPS) is 27.4. The van der Waals surface area contributed by atoms with Gasteiger partial charge in [-0.2, -0.15) is 0 Å². The van der Waals surface area contributed by atoms with Crippen LogP contribution in [0.4, 0.5) is 0 Å². The summed E-state index contributed by atoms with van der Waals surface area (Å²) in [7, 11) is 0. The number of rotatable bonds is 6. The fourth-order valence-corrected chi connectivity index (χ4v) is 8.79. The number of fused-ring (bicyclic) bond motifs is 3. The Morgan fingerprint density at radius 1 is 0.891 bits per heavy atom. The second-order valence-electron chi connectivity index (χ2n) is 14.1. The van der Waals surface area contributed by atoms with Gasteiger partial charge in [0.05, 0.1) is 5.56 Å². The molecule has 0 saturated heterocycles. The van der Waals surface area contributed by atoms with Crippen molar-refractivity contribution in [1.29, 1.82) is 0 Å². The molecule has 1 unspecified atom stereocenters. The molecule has 7 nitrogen and oxygen atoms in total. The summed E-state index contributed by atoms with van der Waals surface area (Å²) in [5, 5.41) is 46.4. The molecule has 6 rings (SSSR count). The zero-order valence-electron chi connectivity index (χ0n) is 26.8. The molecule has 0 amide bonds. The molecule has 0 bridgehead atoms. The number of hydrogen-bond donors (Lipinski definition) is 4. The molecule has 0 spiro atoms. The molecule has 0 heterocycles. The number of aliphatic hydroxyl groups is 3. The highest BCUT2D eigenvalue weighted by Crippen LogP contribution is 2.65. The molecule has 0 aliphatic heterocycles. The molecule has 0 fully saturated rings. The molecule has 3 aliphatic carbocycles. The molecule has 3 aliphatic rings. The third kappa shape index (κ3) is 4.39. The minimum Gasteiger partial charge on any atom is -0.511 e. The zero-order valence-corrected chi connectivity index (χ0v) is 26.8. The molecule has 238 valence electrons. The number of carbonyl (C=O) groups is 3. The van der Waals surface area contributed by atoms with Gasteiger partial charge in [-0.15, -0.1) is 0 Å². The van der Waals surface area contributed by atoms with Gasteiger partial charge in [0.15, 0.2) is 17.2 Å². The average Bonchev–Trinajstić information content (AvgIpc) is 2.98. The van der Waals surface area contributed by atoms with Gasteiger partial charge >= 0.3 is 0 Å². The van der Waals surface area contributed by atoms with Gasteiger partial charge in [-0.1, -0.05) is 88.4 Å². The molecular formula is C39H40O7. The summed E-state index contributed by atoms with van der Waals surface area (Å²) in [5.41, 5.74) is -1.18. The van der Waals surface area contributed by atoms with Gasteiger partial charge in [0.1, 0.15) is 22.8 Å². The first-order valence-corrected chi connectivity index (χ1v) is 15.8. The molecule has 3 aromatic rings. The topological polar surface area (TPSA) is 132 Å². The van der Waals surface area contributed by atoms with Crippen LogP contribution >= 0.6 is 0 Å². The van der Waals surface area contributed by atoms with Crippen molar-refractivity contribution in [3.05, 3.63) is 112 Å². The number of Topliss-reactive ketones (excluding diaryl/α,β-unsaturated/α-hetero) is 3. The standard InChI is InChI=1S/C39H40O7/c1-21(2)31-33(42)29(22(3)40)35(44)39(46)36(45)32-34(43)30-27(19-37(32,4)20-38(31,39)5)26(17-18-28(30)41)25-15-13-24(14-16-25)12-11-23-9-7-6-8-10-23/h6-10,13-18,21,31,41-42,45-46H,11-12,19-20H2,1-5H3/t31?,37-,38-,39+/m1/s1. The highest BCUT2D eigenvalue weighted by Gasteiger charge is 2.71. The maximum absolute atomic E-state index is 14.3. The summed E-state index contributed by atoms with van der Waals surface area (Å²) in [4.78, 5) is 40.8. The fraction of sp³-hybridized carbons (Fsp3) is 0.359. The monoisotopic (exact) mass is 620 g/mol. The Balaban J connectivity index is 1.46. The van der Waals surface area contributed by atoms with E-state index in [1.54, 1.807) is 13.0 Å². The highest BCUT2D eigenvalue weighted by atomic mass is 16.3. The van der Waals surface area contributed by atoms with Crippen LogP contribution in [0.25, 0.3) is 11.1 Å². The van der Waals surface area contributed by atoms with Crippen molar-refractivity contribution in [2.75, 3.05) is 0 Å². The van der Waals surface area contributed by atoms with Crippen molar-refractivity contribution in [2.45, 2.75) is 65.9 Å². The van der Waals surface area contributed by atoms with Crippen LogP contribution in [0.15, 0.2) is 89.4 Å².